The van der Waals surface area contributed by atoms with Gasteiger partial charge in [-0.25, -0.2) is 9.59 Å². The second kappa shape index (κ2) is 7.42. The lowest BCUT2D eigenvalue weighted by atomic mass is 9.98. The number of carbonyl (C=O) groups excluding carboxylic acids is 1. The summed E-state index contributed by atoms with van der Waals surface area (Å²) in [6, 6.07) is 4.47. The van der Waals surface area contributed by atoms with E-state index in [9.17, 15) is 19.7 Å². The number of nitro groups is 1. The molecule has 0 fully saturated rings. The highest BCUT2D eigenvalue weighted by Gasteiger charge is 2.23. The van der Waals surface area contributed by atoms with Crippen molar-refractivity contribution in [1.82, 2.24) is 4.90 Å². The zero-order valence-corrected chi connectivity index (χ0v) is 14.8. The van der Waals surface area contributed by atoms with Gasteiger partial charge in [0.25, 0.3) is 5.69 Å². The van der Waals surface area contributed by atoms with Gasteiger partial charge in [0.15, 0.2) is 0 Å². The number of carbonyl (C=O) groups is 2. The lowest BCUT2D eigenvalue weighted by Gasteiger charge is -2.24. The summed E-state index contributed by atoms with van der Waals surface area (Å²) in [5.74, 6) is 0. The molecule has 0 aromatic heterocycles. The molecule has 0 unspecified atom stereocenters. The van der Waals surface area contributed by atoms with Gasteiger partial charge in [0.2, 0.25) is 0 Å². The molecule has 0 aliphatic carbocycles. The Labute approximate surface area is 150 Å². The van der Waals surface area contributed by atoms with Gasteiger partial charge >= 0.3 is 12.2 Å². The average Bonchev–Trinajstić information content (AvgIpc) is 2.53. The molecule has 0 radical (unpaired) electrons. The topological polar surface area (TPSA) is 122 Å². The number of benzene rings is 1. The van der Waals surface area contributed by atoms with E-state index in [2.05, 4.69) is 5.32 Å². The van der Waals surface area contributed by atoms with Crippen LogP contribution in [0.2, 0.25) is 0 Å². The minimum Gasteiger partial charge on any atom is -0.465 e. The molecule has 1 aromatic rings. The standard InChI is InChI=1S/C17H21N3O6/c1-17(2,3)26-15(21)18-13-5-4-12(10-14(13)20(24)25)11-6-8-19(9-7-11)16(22)23/h4-6,10H,7-9H2,1-3H3,(H,18,21)(H,22,23). The number of rotatable bonds is 3. The molecular formula is C17H21N3O6. The quantitative estimate of drug-likeness (QED) is 0.623. The van der Waals surface area contributed by atoms with Gasteiger partial charge < -0.3 is 14.7 Å². The lowest BCUT2D eigenvalue weighted by Crippen LogP contribution is -2.33. The Morgan fingerprint density at radius 3 is 2.54 bits per heavy atom. The summed E-state index contributed by atoms with van der Waals surface area (Å²) in [5, 5.41) is 22.7. The van der Waals surface area contributed by atoms with Crippen LogP contribution in [0, 0.1) is 10.1 Å². The first-order valence-electron chi connectivity index (χ1n) is 8.02. The van der Waals surface area contributed by atoms with E-state index in [0.717, 1.165) is 5.57 Å². The maximum absolute atomic E-state index is 11.9. The molecule has 9 heteroatoms. The fraction of sp³-hybridized carbons (Fsp3) is 0.412. The van der Waals surface area contributed by atoms with Crippen molar-refractivity contribution < 1.29 is 24.4 Å². The Bertz CT molecular complexity index is 766. The monoisotopic (exact) mass is 363 g/mol. The third-order valence-corrected chi connectivity index (χ3v) is 3.68. The summed E-state index contributed by atoms with van der Waals surface area (Å²) in [6.45, 7) is 5.64. The van der Waals surface area contributed by atoms with Crippen molar-refractivity contribution in [2.24, 2.45) is 0 Å². The number of nitrogens with zero attached hydrogens (tertiary/aromatic N) is 2. The molecule has 1 heterocycles. The van der Waals surface area contributed by atoms with Crippen molar-refractivity contribution in [1.29, 1.82) is 0 Å². The van der Waals surface area contributed by atoms with Crippen molar-refractivity contribution in [3.05, 3.63) is 40.0 Å². The molecule has 0 saturated carbocycles. The second-order valence-electron chi connectivity index (χ2n) is 6.82. The summed E-state index contributed by atoms with van der Waals surface area (Å²) in [6.07, 6.45) is 0.422. The smallest absolute Gasteiger partial charge is 0.412 e. The highest BCUT2D eigenvalue weighted by atomic mass is 16.6. The van der Waals surface area contributed by atoms with Gasteiger partial charge in [-0.3, -0.25) is 15.4 Å². The Morgan fingerprint density at radius 1 is 1.35 bits per heavy atom. The summed E-state index contributed by atoms with van der Waals surface area (Å²) in [7, 11) is 0. The maximum Gasteiger partial charge on any atom is 0.412 e. The number of nitro benzene ring substituents is 1. The number of nitrogens with one attached hydrogen (secondary N) is 1. The van der Waals surface area contributed by atoms with Crippen molar-refractivity contribution in [3.8, 4) is 0 Å². The van der Waals surface area contributed by atoms with Gasteiger partial charge in [-0.05, 0) is 44.4 Å². The summed E-state index contributed by atoms with van der Waals surface area (Å²) < 4.78 is 5.11. The lowest BCUT2D eigenvalue weighted by molar-refractivity contribution is -0.383. The Hall–Kier alpha value is -3.10. The highest BCUT2D eigenvalue weighted by Crippen LogP contribution is 2.31. The average molecular weight is 363 g/mol. The Kier molecular flexibility index (Phi) is 5.49. The van der Waals surface area contributed by atoms with E-state index in [1.165, 1.54) is 17.0 Å². The first-order chi connectivity index (χ1) is 12.1. The van der Waals surface area contributed by atoms with Crippen molar-refractivity contribution in [2.45, 2.75) is 32.8 Å². The summed E-state index contributed by atoms with van der Waals surface area (Å²) in [4.78, 5) is 34.9. The van der Waals surface area contributed by atoms with Crippen LogP contribution >= 0.6 is 0 Å². The van der Waals surface area contributed by atoms with Crippen LogP contribution in [0.1, 0.15) is 32.8 Å². The third-order valence-electron chi connectivity index (χ3n) is 3.68. The molecule has 0 bridgehead atoms. The molecule has 1 aromatic carbocycles. The largest absolute Gasteiger partial charge is 0.465 e. The van der Waals surface area contributed by atoms with Crippen LogP contribution in [-0.2, 0) is 4.74 Å². The molecule has 0 saturated heterocycles. The molecule has 26 heavy (non-hydrogen) atoms. The molecule has 9 nitrogen and oxygen atoms in total. The zero-order valence-electron chi connectivity index (χ0n) is 14.8. The molecule has 1 aliphatic heterocycles. The van der Waals surface area contributed by atoms with Gasteiger partial charge in [0, 0.05) is 19.2 Å². The first kappa shape index (κ1) is 19.2. The van der Waals surface area contributed by atoms with E-state index in [1.54, 1.807) is 32.9 Å². The van der Waals surface area contributed by atoms with Crippen LogP contribution in [0.5, 0.6) is 0 Å². The summed E-state index contributed by atoms with van der Waals surface area (Å²) >= 11 is 0. The van der Waals surface area contributed by atoms with E-state index in [0.29, 0.717) is 18.5 Å². The van der Waals surface area contributed by atoms with Gasteiger partial charge in [-0.15, -0.1) is 0 Å². The predicted molar refractivity (Wildman–Crippen MR) is 95.1 cm³/mol. The molecule has 2 rings (SSSR count). The molecule has 0 atom stereocenters. The number of carboxylic acid groups (broad SMARTS) is 1. The zero-order chi connectivity index (χ0) is 19.5. The van der Waals surface area contributed by atoms with E-state index in [1.807, 2.05) is 0 Å². The predicted octanol–water partition coefficient (Wildman–Crippen LogP) is 3.71. The number of hydrogen-bond acceptors (Lipinski definition) is 5. The fourth-order valence-corrected chi connectivity index (χ4v) is 2.51. The summed E-state index contributed by atoms with van der Waals surface area (Å²) in [5.41, 5.74) is 0.513. The van der Waals surface area contributed by atoms with E-state index in [4.69, 9.17) is 9.84 Å². The first-order valence-corrected chi connectivity index (χ1v) is 8.02. The van der Waals surface area contributed by atoms with Crippen LogP contribution < -0.4 is 5.32 Å². The van der Waals surface area contributed by atoms with Crippen LogP contribution in [0.25, 0.3) is 5.57 Å². The van der Waals surface area contributed by atoms with Crippen molar-refractivity contribution in [3.63, 3.8) is 0 Å². The number of ether oxygens (including phenoxy) is 1. The molecule has 1 aliphatic rings. The van der Waals surface area contributed by atoms with Crippen molar-refractivity contribution >= 4 is 29.1 Å². The Balaban J connectivity index is 2.23. The number of amides is 2. The van der Waals surface area contributed by atoms with Crippen LogP contribution in [0.15, 0.2) is 24.3 Å². The molecule has 0 spiro atoms. The SMILES string of the molecule is CC(C)(C)OC(=O)Nc1ccc(C2=CCN(C(=O)O)CC2)cc1[N+](=O)[O-]. The Morgan fingerprint density at radius 2 is 2.04 bits per heavy atom. The third kappa shape index (κ3) is 4.95. The van der Waals surface area contributed by atoms with Crippen LogP contribution in [-0.4, -0.2) is 45.8 Å². The molecule has 140 valence electrons. The van der Waals surface area contributed by atoms with Crippen LogP contribution in [0.4, 0.5) is 21.0 Å². The molecular weight excluding hydrogens is 342 g/mol. The van der Waals surface area contributed by atoms with Gasteiger partial charge in [-0.1, -0.05) is 12.1 Å². The van der Waals surface area contributed by atoms with E-state index < -0.39 is 22.7 Å². The fourth-order valence-electron chi connectivity index (χ4n) is 2.51. The maximum atomic E-state index is 11.9. The van der Waals surface area contributed by atoms with Crippen LogP contribution in [0.3, 0.4) is 0 Å². The van der Waals surface area contributed by atoms with Gasteiger partial charge in [-0.2, -0.15) is 0 Å². The van der Waals surface area contributed by atoms with Gasteiger partial charge in [0.05, 0.1) is 4.92 Å². The number of hydrogen-bond donors (Lipinski definition) is 2. The van der Waals surface area contributed by atoms with Crippen molar-refractivity contribution in [2.75, 3.05) is 18.4 Å². The van der Waals surface area contributed by atoms with E-state index in [-0.39, 0.29) is 17.9 Å². The minimum absolute atomic E-state index is 0.0385. The molecule has 2 amide bonds. The van der Waals surface area contributed by atoms with E-state index >= 15 is 0 Å². The second-order valence-corrected chi connectivity index (χ2v) is 6.82. The number of anilines is 1. The molecule has 2 N–H and O–H groups in total. The minimum atomic E-state index is -0.997. The van der Waals surface area contributed by atoms with Gasteiger partial charge in [0.1, 0.15) is 11.3 Å². The highest BCUT2D eigenvalue weighted by molar-refractivity contribution is 5.89. The normalized spacial score (nSPS) is 14.4.